The van der Waals surface area contributed by atoms with E-state index in [0.29, 0.717) is 13.2 Å². The molecule has 0 bridgehead atoms. The van der Waals surface area contributed by atoms with Crippen LogP contribution in [0, 0.1) is 13.8 Å². The fourth-order valence-electron chi connectivity index (χ4n) is 4.51. The summed E-state index contributed by atoms with van der Waals surface area (Å²) in [6.45, 7) is 6.36. The highest BCUT2D eigenvalue weighted by Crippen LogP contribution is 2.20. The van der Waals surface area contributed by atoms with Crippen molar-refractivity contribution in [2.75, 3.05) is 19.8 Å². The van der Waals surface area contributed by atoms with Gasteiger partial charge in [-0.15, -0.1) is 0 Å². The molecule has 6 nitrogen and oxygen atoms in total. The molecule has 0 aliphatic carbocycles. The first-order valence-electron chi connectivity index (χ1n) is 13.7. The molecule has 4 rings (SSSR count). The highest BCUT2D eigenvalue weighted by Gasteiger charge is 2.10. The zero-order chi connectivity index (χ0) is 26.6. The summed E-state index contributed by atoms with van der Waals surface area (Å²) in [7, 11) is 0. The molecule has 0 atom stereocenters. The van der Waals surface area contributed by atoms with Crippen molar-refractivity contribution in [3.8, 4) is 11.5 Å². The SMILES string of the molecule is Cc1ccc(C)c(OCC(=O)NCCCCCc2nc3ccccc3n2CCCCOc2ccccc2)c1. The number of benzene rings is 3. The van der Waals surface area contributed by atoms with Gasteiger partial charge in [-0.3, -0.25) is 4.79 Å². The molecule has 0 spiro atoms. The Morgan fingerprint density at radius 1 is 0.868 bits per heavy atom. The van der Waals surface area contributed by atoms with Gasteiger partial charge in [-0.2, -0.15) is 0 Å². The molecule has 38 heavy (non-hydrogen) atoms. The van der Waals surface area contributed by atoms with E-state index in [1.165, 1.54) is 5.52 Å². The summed E-state index contributed by atoms with van der Waals surface area (Å²) >= 11 is 0. The number of fused-ring (bicyclic) bond motifs is 1. The lowest BCUT2D eigenvalue weighted by molar-refractivity contribution is -0.123. The Labute approximate surface area is 226 Å². The van der Waals surface area contributed by atoms with Gasteiger partial charge in [0, 0.05) is 19.5 Å². The zero-order valence-electron chi connectivity index (χ0n) is 22.6. The smallest absolute Gasteiger partial charge is 0.257 e. The largest absolute Gasteiger partial charge is 0.494 e. The maximum absolute atomic E-state index is 12.2. The number of rotatable bonds is 15. The van der Waals surface area contributed by atoms with Crippen LogP contribution in [0.3, 0.4) is 0 Å². The predicted octanol–water partition coefficient (Wildman–Crippen LogP) is 6.42. The minimum atomic E-state index is -0.0797. The van der Waals surface area contributed by atoms with Crippen LogP contribution in [-0.4, -0.2) is 35.2 Å². The first-order chi connectivity index (χ1) is 18.6. The molecule has 0 radical (unpaired) electrons. The van der Waals surface area contributed by atoms with Gasteiger partial charge in [-0.05, 0) is 81.0 Å². The predicted molar refractivity (Wildman–Crippen MR) is 153 cm³/mol. The summed E-state index contributed by atoms with van der Waals surface area (Å²) < 4.78 is 13.9. The number of hydrogen-bond donors (Lipinski definition) is 1. The Bertz CT molecular complexity index is 1300. The fourth-order valence-corrected chi connectivity index (χ4v) is 4.51. The van der Waals surface area contributed by atoms with Crippen molar-refractivity contribution >= 4 is 16.9 Å². The Balaban J connectivity index is 1.16. The van der Waals surface area contributed by atoms with Gasteiger partial charge in [0.15, 0.2) is 6.61 Å². The number of hydrogen-bond acceptors (Lipinski definition) is 4. The second-order valence-corrected chi connectivity index (χ2v) is 9.76. The number of aromatic nitrogens is 2. The van der Waals surface area contributed by atoms with Gasteiger partial charge in [0.05, 0.1) is 17.6 Å². The topological polar surface area (TPSA) is 65.4 Å². The van der Waals surface area contributed by atoms with Crippen LogP contribution in [0.2, 0.25) is 0 Å². The quantitative estimate of drug-likeness (QED) is 0.186. The summed E-state index contributed by atoms with van der Waals surface area (Å²) in [4.78, 5) is 17.1. The van der Waals surface area contributed by atoms with Gasteiger partial charge in [0.2, 0.25) is 0 Å². The van der Waals surface area contributed by atoms with E-state index < -0.39 is 0 Å². The highest BCUT2D eigenvalue weighted by molar-refractivity contribution is 5.77. The summed E-state index contributed by atoms with van der Waals surface area (Å²) in [6, 6.07) is 24.4. The molecule has 0 saturated carbocycles. The maximum Gasteiger partial charge on any atom is 0.257 e. The second kappa shape index (κ2) is 14.2. The maximum atomic E-state index is 12.2. The van der Waals surface area contributed by atoms with Gasteiger partial charge in [0.1, 0.15) is 17.3 Å². The van der Waals surface area contributed by atoms with E-state index in [-0.39, 0.29) is 12.5 Å². The van der Waals surface area contributed by atoms with Crippen LogP contribution < -0.4 is 14.8 Å². The monoisotopic (exact) mass is 513 g/mol. The van der Waals surface area contributed by atoms with E-state index in [1.54, 1.807) is 0 Å². The lowest BCUT2D eigenvalue weighted by atomic mass is 10.1. The molecular formula is C32H39N3O3. The van der Waals surface area contributed by atoms with Crippen molar-refractivity contribution in [1.29, 1.82) is 0 Å². The zero-order valence-corrected chi connectivity index (χ0v) is 22.6. The number of amides is 1. The highest BCUT2D eigenvalue weighted by atomic mass is 16.5. The number of unbranched alkanes of at least 4 members (excludes halogenated alkanes) is 3. The Morgan fingerprint density at radius 2 is 1.68 bits per heavy atom. The molecule has 4 aromatic rings. The van der Waals surface area contributed by atoms with Crippen LogP contribution in [0.15, 0.2) is 72.8 Å². The molecule has 1 N–H and O–H groups in total. The first-order valence-corrected chi connectivity index (χ1v) is 13.7. The minimum absolute atomic E-state index is 0.0463. The van der Waals surface area contributed by atoms with Crippen LogP contribution in [0.1, 0.15) is 49.1 Å². The standard InChI is InChI=1S/C32H39N3O3/c1-25-18-19-26(2)30(23-25)38-24-32(36)33-20-10-4-7-17-31-34-28-15-8-9-16-29(28)35(31)21-11-12-22-37-27-13-5-3-6-14-27/h3,5-6,8-9,13-16,18-19,23H,4,7,10-12,17,20-22,24H2,1-2H3,(H,33,36). The molecular weight excluding hydrogens is 474 g/mol. The molecule has 0 fully saturated rings. The molecule has 6 heteroatoms. The average Bonchev–Trinajstić information content (AvgIpc) is 3.28. The third-order valence-electron chi connectivity index (χ3n) is 6.62. The van der Waals surface area contributed by atoms with Crippen LogP contribution in [-0.2, 0) is 17.8 Å². The summed E-state index contributed by atoms with van der Waals surface area (Å²) in [6.07, 6.45) is 5.97. The molecule has 3 aromatic carbocycles. The number of imidazole rings is 1. The minimum Gasteiger partial charge on any atom is -0.494 e. The van der Waals surface area contributed by atoms with Crippen molar-refractivity contribution < 1.29 is 14.3 Å². The van der Waals surface area contributed by atoms with E-state index in [1.807, 2.05) is 68.4 Å². The number of ether oxygens (including phenoxy) is 2. The summed E-state index contributed by atoms with van der Waals surface area (Å²) in [5, 5.41) is 2.97. The number of carbonyl (C=O) groups is 1. The molecule has 1 amide bonds. The summed E-state index contributed by atoms with van der Waals surface area (Å²) in [5.74, 6) is 2.75. The van der Waals surface area contributed by atoms with Crippen LogP contribution in [0.4, 0.5) is 0 Å². The number of nitrogens with zero attached hydrogens (tertiary/aromatic N) is 2. The fraction of sp³-hybridized carbons (Fsp3) is 0.375. The normalized spacial score (nSPS) is 11.0. The lowest BCUT2D eigenvalue weighted by Crippen LogP contribution is -2.29. The Hall–Kier alpha value is -3.80. The van der Waals surface area contributed by atoms with E-state index in [2.05, 4.69) is 28.1 Å². The van der Waals surface area contributed by atoms with E-state index in [0.717, 1.165) is 79.0 Å². The van der Waals surface area contributed by atoms with Crippen molar-refractivity contribution in [1.82, 2.24) is 14.9 Å². The number of nitrogens with one attached hydrogen (secondary N) is 1. The molecule has 1 aromatic heterocycles. The van der Waals surface area contributed by atoms with Gasteiger partial charge in [-0.25, -0.2) is 4.98 Å². The average molecular weight is 514 g/mol. The van der Waals surface area contributed by atoms with E-state index in [9.17, 15) is 4.79 Å². The third-order valence-corrected chi connectivity index (χ3v) is 6.62. The van der Waals surface area contributed by atoms with E-state index >= 15 is 0 Å². The lowest BCUT2D eigenvalue weighted by Gasteiger charge is -2.11. The molecule has 1 heterocycles. The number of carbonyl (C=O) groups excluding carboxylic acids is 1. The van der Waals surface area contributed by atoms with Gasteiger partial charge in [0.25, 0.3) is 5.91 Å². The van der Waals surface area contributed by atoms with Gasteiger partial charge < -0.3 is 19.4 Å². The van der Waals surface area contributed by atoms with Crippen molar-refractivity contribution in [3.63, 3.8) is 0 Å². The molecule has 0 aliphatic heterocycles. The molecule has 0 saturated heterocycles. The second-order valence-electron chi connectivity index (χ2n) is 9.76. The molecule has 0 unspecified atom stereocenters. The summed E-state index contributed by atoms with van der Waals surface area (Å²) in [5.41, 5.74) is 4.41. The number of para-hydroxylation sites is 3. The number of aryl methyl sites for hydroxylation is 4. The van der Waals surface area contributed by atoms with Crippen molar-refractivity contribution in [2.45, 2.75) is 58.9 Å². The van der Waals surface area contributed by atoms with Crippen LogP contribution in [0.5, 0.6) is 11.5 Å². The molecule has 0 aliphatic rings. The van der Waals surface area contributed by atoms with Gasteiger partial charge >= 0.3 is 0 Å². The Kier molecular flexibility index (Phi) is 10.2. The first kappa shape index (κ1) is 27.2. The van der Waals surface area contributed by atoms with E-state index in [4.69, 9.17) is 14.5 Å². The van der Waals surface area contributed by atoms with Crippen molar-refractivity contribution in [3.05, 3.63) is 89.7 Å². The molecule has 200 valence electrons. The Morgan fingerprint density at radius 3 is 2.55 bits per heavy atom. The van der Waals surface area contributed by atoms with Crippen LogP contribution >= 0.6 is 0 Å². The van der Waals surface area contributed by atoms with Gasteiger partial charge in [-0.1, -0.05) is 48.9 Å². The van der Waals surface area contributed by atoms with Crippen molar-refractivity contribution in [2.24, 2.45) is 0 Å². The van der Waals surface area contributed by atoms with Crippen LogP contribution in [0.25, 0.3) is 11.0 Å². The third kappa shape index (κ3) is 8.10.